The van der Waals surface area contributed by atoms with Crippen molar-refractivity contribution in [2.75, 3.05) is 26.8 Å². The van der Waals surface area contributed by atoms with Crippen LogP contribution in [0.25, 0.3) is 11.0 Å². The molecular weight excluding hydrogens is 382 g/mol. The van der Waals surface area contributed by atoms with Crippen molar-refractivity contribution in [2.24, 2.45) is 0 Å². The zero-order valence-electron chi connectivity index (χ0n) is 16.3. The number of hydrogen-bond donors (Lipinski definition) is 1. The molecule has 0 saturated carbocycles. The average Bonchev–Trinajstić information content (AvgIpc) is 3.33. The fraction of sp³-hybridized carbons (Fsp3) is 0.611. The molecule has 1 saturated heterocycles. The Kier molecular flexibility index (Phi) is 6.63. The molecule has 154 valence electrons. The van der Waals surface area contributed by atoms with Crippen molar-refractivity contribution in [3.8, 4) is 0 Å². The summed E-state index contributed by atoms with van der Waals surface area (Å²) in [5, 5.41) is 11.0. The smallest absolute Gasteiger partial charge is 0.243 e. The molecular formula is C18H27N5O4S. The van der Waals surface area contributed by atoms with E-state index in [2.05, 4.69) is 15.6 Å². The number of benzene rings is 1. The van der Waals surface area contributed by atoms with E-state index < -0.39 is 16.1 Å². The Labute approximate surface area is 165 Å². The minimum Gasteiger partial charge on any atom is -0.383 e. The summed E-state index contributed by atoms with van der Waals surface area (Å²) in [4.78, 5) is 12.6. The second-order valence-electron chi connectivity index (χ2n) is 6.87. The van der Waals surface area contributed by atoms with Crippen LogP contribution in [0, 0.1) is 0 Å². The molecule has 0 aliphatic carbocycles. The van der Waals surface area contributed by atoms with Crippen LogP contribution in [0.4, 0.5) is 0 Å². The van der Waals surface area contributed by atoms with Crippen molar-refractivity contribution < 1.29 is 17.9 Å². The van der Waals surface area contributed by atoms with E-state index >= 15 is 0 Å². The molecule has 1 aliphatic rings. The van der Waals surface area contributed by atoms with Crippen LogP contribution >= 0.6 is 0 Å². The first-order chi connectivity index (χ1) is 13.5. The largest absolute Gasteiger partial charge is 0.383 e. The summed E-state index contributed by atoms with van der Waals surface area (Å²) < 4.78 is 34.4. The van der Waals surface area contributed by atoms with Gasteiger partial charge in [-0.15, -0.1) is 5.10 Å². The minimum atomic E-state index is -3.79. The van der Waals surface area contributed by atoms with Gasteiger partial charge in [-0.25, -0.2) is 13.1 Å². The first kappa shape index (κ1) is 20.7. The molecule has 28 heavy (non-hydrogen) atoms. The quantitative estimate of drug-likeness (QED) is 0.623. The second-order valence-corrected chi connectivity index (χ2v) is 8.76. The van der Waals surface area contributed by atoms with Gasteiger partial charge >= 0.3 is 0 Å². The number of rotatable bonds is 9. The lowest BCUT2D eigenvalue weighted by atomic mass is 10.2. The summed E-state index contributed by atoms with van der Waals surface area (Å²) in [6.45, 7) is 3.97. The third kappa shape index (κ3) is 4.18. The molecule has 1 unspecified atom stereocenters. The lowest BCUT2D eigenvalue weighted by Crippen LogP contribution is -2.46. The van der Waals surface area contributed by atoms with Gasteiger partial charge in [-0.3, -0.25) is 4.79 Å². The van der Waals surface area contributed by atoms with E-state index in [0.717, 1.165) is 18.4 Å². The Balaban J connectivity index is 1.82. The van der Waals surface area contributed by atoms with Gasteiger partial charge in [0.15, 0.2) is 0 Å². The van der Waals surface area contributed by atoms with Gasteiger partial charge in [-0.1, -0.05) is 18.6 Å². The molecule has 2 aromatic rings. The van der Waals surface area contributed by atoms with Crippen LogP contribution in [-0.2, 0) is 26.1 Å². The van der Waals surface area contributed by atoms with Gasteiger partial charge in [-0.2, -0.15) is 4.31 Å². The molecule has 2 heterocycles. The maximum absolute atomic E-state index is 13.2. The molecule has 1 aromatic carbocycles. The fourth-order valence-corrected chi connectivity index (χ4v) is 5.06. The Morgan fingerprint density at radius 2 is 2.21 bits per heavy atom. The summed E-state index contributed by atoms with van der Waals surface area (Å²) in [6, 6.07) is 4.11. The standard InChI is InChI=1S/C18H27N5O4S/c1-3-4-9-19-18(24)17-6-5-10-23(17)28(25,26)14-7-8-16-15(13-14)20-21-22(16)11-12-27-2/h7-8,13,17H,3-6,9-12H2,1-2H3,(H,19,24). The number of carbonyl (C=O) groups excluding carboxylic acids is 1. The van der Waals surface area contributed by atoms with E-state index in [1.165, 1.54) is 10.4 Å². The maximum Gasteiger partial charge on any atom is 0.243 e. The molecule has 0 bridgehead atoms. The molecule has 10 heteroatoms. The van der Waals surface area contributed by atoms with Gasteiger partial charge in [-0.05, 0) is 37.5 Å². The van der Waals surface area contributed by atoms with Crippen LogP contribution in [0.15, 0.2) is 23.1 Å². The molecule has 9 nitrogen and oxygen atoms in total. The molecule has 1 N–H and O–H groups in total. The number of nitrogens with zero attached hydrogens (tertiary/aromatic N) is 4. The summed E-state index contributed by atoms with van der Waals surface area (Å²) >= 11 is 0. The van der Waals surface area contributed by atoms with Crippen LogP contribution in [0.1, 0.15) is 32.6 Å². The van der Waals surface area contributed by atoms with Crippen LogP contribution in [0.5, 0.6) is 0 Å². The molecule has 0 spiro atoms. The maximum atomic E-state index is 13.2. The van der Waals surface area contributed by atoms with Gasteiger partial charge in [0.25, 0.3) is 0 Å². The molecule has 3 rings (SSSR count). The van der Waals surface area contributed by atoms with Gasteiger partial charge in [0, 0.05) is 20.2 Å². The number of amides is 1. The average molecular weight is 410 g/mol. The highest BCUT2D eigenvalue weighted by atomic mass is 32.2. The summed E-state index contributed by atoms with van der Waals surface area (Å²) in [5.41, 5.74) is 1.24. The van der Waals surface area contributed by atoms with Crippen molar-refractivity contribution in [1.29, 1.82) is 0 Å². The summed E-state index contributed by atoms with van der Waals surface area (Å²) in [5.74, 6) is -0.221. The first-order valence-corrected chi connectivity index (χ1v) is 11.0. The second kappa shape index (κ2) is 8.97. The SMILES string of the molecule is CCCCNC(=O)C1CCCN1S(=O)(=O)c1ccc2c(c1)nnn2CCOC. The van der Waals surface area contributed by atoms with Gasteiger partial charge < -0.3 is 10.1 Å². The number of aromatic nitrogens is 3. The highest BCUT2D eigenvalue weighted by Crippen LogP contribution is 2.27. The number of carbonyl (C=O) groups is 1. The molecule has 1 atom stereocenters. The predicted molar refractivity (Wildman–Crippen MR) is 104 cm³/mol. The Hall–Kier alpha value is -2.04. The van der Waals surface area contributed by atoms with Crippen LogP contribution in [0.2, 0.25) is 0 Å². The number of unbranched alkanes of at least 4 members (excludes halogenated alkanes) is 1. The normalized spacial score (nSPS) is 18.0. The molecule has 1 amide bonds. The number of ether oxygens (including phenoxy) is 1. The summed E-state index contributed by atoms with van der Waals surface area (Å²) in [7, 11) is -2.19. The summed E-state index contributed by atoms with van der Waals surface area (Å²) in [6.07, 6.45) is 3.05. The van der Waals surface area contributed by atoms with Crippen LogP contribution < -0.4 is 5.32 Å². The number of fused-ring (bicyclic) bond motifs is 1. The Morgan fingerprint density at radius 3 is 2.96 bits per heavy atom. The van der Waals surface area contributed by atoms with Crippen molar-refractivity contribution in [1.82, 2.24) is 24.6 Å². The van der Waals surface area contributed by atoms with Crippen molar-refractivity contribution >= 4 is 27.0 Å². The number of nitrogens with one attached hydrogen (secondary N) is 1. The van der Waals surface area contributed by atoms with Gasteiger partial charge in [0.2, 0.25) is 15.9 Å². The first-order valence-electron chi connectivity index (χ1n) is 9.60. The zero-order valence-corrected chi connectivity index (χ0v) is 17.1. The minimum absolute atomic E-state index is 0.132. The van der Waals surface area contributed by atoms with Gasteiger partial charge in [0.05, 0.1) is 23.6 Å². The van der Waals surface area contributed by atoms with Crippen LogP contribution in [0.3, 0.4) is 0 Å². The topological polar surface area (TPSA) is 106 Å². The number of methoxy groups -OCH3 is 1. The van der Waals surface area contributed by atoms with Crippen molar-refractivity contribution in [3.05, 3.63) is 18.2 Å². The van der Waals surface area contributed by atoms with Crippen LogP contribution in [-0.4, -0.2) is 66.5 Å². The van der Waals surface area contributed by atoms with E-state index in [9.17, 15) is 13.2 Å². The highest BCUT2D eigenvalue weighted by molar-refractivity contribution is 7.89. The zero-order chi connectivity index (χ0) is 20.1. The third-order valence-corrected chi connectivity index (χ3v) is 6.84. The lowest BCUT2D eigenvalue weighted by molar-refractivity contribution is -0.124. The van der Waals surface area contributed by atoms with E-state index in [0.29, 0.717) is 44.6 Å². The van der Waals surface area contributed by atoms with E-state index in [1.54, 1.807) is 23.9 Å². The Bertz CT molecular complexity index is 927. The molecule has 1 aliphatic heterocycles. The number of hydrogen-bond acceptors (Lipinski definition) is 6. The van der Waals surface area contributed by atoms with E-state index in [1.807, 2.05) is 6.92 Å². The van der Waals surface area contributed by atoms with E-state index in [4.69, 9.17) is 4.74 Å². The third-order valence-electron chi connectivity index (χ3n) is 4.94. The molecule has 1 aromatic heterocycles. The lowest BCUT2D eigenvalue weighted by Gasteiger charge is -2.23. The highest BCUT2D eigenvalue weighted by Gasteiger charge is 2.39. The fourth-order valence-electron chi connectivity index (χ4n) is 3.39. The number of sulfonamides is 1. The Morgan fingerprint density at radius 1 is 1.39 bits per heavy atom. The molecule has 1 fully saturated rings. The van der Waals surface area contributed by atoms with E-state index in [-0.39, 0.29) is 10.8 Å². The van der Waals surface area contributed by atoms with Crippen molar-refractivity contribution in [2.45, 2.75) is 50.1 Å². The van der Waals surface area contributed by atoms with Gasteiger partial charge in [0.1, 0.15) is 11.6 Å². The predicted octanol–water partition coefficient (Wildman–Crippen LogP) is 1.15. The van der Waals surface area contributed by atoms with Crippen molar-refractivity contribution in [3.63, 3.8) is 0 Å². The molecule has 0 radical (unpaired) electrons. The monoisotopic (exact) mass is 409 g/mol.